The summed E-state index contributed by atoms with van der Waals surface area (Å²) in [5.41, 5.74) is -0.0461. The summed E-state index contributed by atoms with van der Waals surface area (Å²) in [6.45, 7) is -0.219. The number of carbonyl (C=O) groups is 2. The zero-order valence-corrected chi connectivity index (χ0v) is 15.3. The molecule has 0 aromatic heterocycles. The molecule has 2 aromatic carbocycles. The summed E-state index contributed by atoms with van der Waals surface area (Å²) < 4.78 is 43.2. The summed E-state index contributed by atoms with van der Waals surface area (Å²) in [6.07, 6.45) is -2.06. The molecule has 0 aliphatic heterocycles. The fraction of sp³-hybridized carbons (Fsp3) is 0.200. The molecular weight excluding hydrogens is 373 g/mol. The number of ether oxygens (including phenoxy) is 1. The number of likely N-dealkylation sites (N-methyl/N-ethyl adjacent to an activating group) is 1. The number of carbonyl (C=O) groups excluding carboxylic acids is 2. The SMILES string of the molecule is COc1cccc(NC(=O)CN(C)C(=O)C=Cc2cccc(C(F)(F)F)c2)c1. The van der Waals surface area contributed by atoms with Gasteiger partial charge in [-0.2, -0.15) is 13.2 Å². The number of benzene rings is 2. The number of hydrogen-bond acceptors (Lipinski definition) is 3. The lowest BCUT2D eigenvalue weighted by atomic mass is 10.1. The third-order valence-electron chi connectivity index (χ3n) is 3.74. The van der Waals surface area contributed by atoms with Crippen LogP contribution >= 0.6 is 0 Å². The second-order valence-electron chi connectivity index (χ2n) is 5.93. The van der Waals surface area contributed by atoms with Gasteiger partial charge in [0.1, 0.15) is 5.75 Å². The third-order valence-corrected chi connectivity index (χ3v) is 3.74. The number of halogens is 3. The first-order chi connectivity index (χ1) is 13.2. The zero-order chi connectivity index (χ0) is 20.7. The van der Waals surface area contributed by atoms with E-state index in [2.05, 4.69) is 5.32 Å². The van der Waals surface area contributed by atoms with Gasteiger partial charge in [0.05, 0.1) is 19.2 Å². The average molecular weight is 392 g/mol. The third kappa shape index (κ3) is 6.15. The number of nitrogens with zero attached hydrogens (tertiary/aromatic N) is 1. The molecule has 0 atom stereocenters. The van der Waals surface area contributed by atoms with Crippen molar-refractivity contribution >= 4 is 23.6 Å². The van der Waals surface area contributed by atoms with Crippen LogP contribution in [0.2, 0.25) is 0 Å². The van der Waals surface area contributed by atoms with Crippen molar-refractivity contribution in [3.05, 3.63) is 65.7 Å². The lowest BCUT2D eigenvalue weighted by Crippen LogP contribution is -2.33. The maximum absolute atomic E-state index is 12.7. The lowest BCUT2D eigenvalue weighted by molar-refractivity contribution is -0.137. The molecule has 0 heterocycles. The molecule has 0 radical (unpaired) electrons. The van der Waals surface area contributed by atoms with E-state index in [1.165, 1.54) is 32.4 Å². The molecule has 0 unspecified atom stereocenters. The minimum Gasteiger partial charge on any atom is -0.497 e. The van der Waals surface area contributed by atoms with Gasteiger partial charge in [0, 0.05) is 24.9 Å². The first kappa shape index (κ1) is 21.0. The van der Waals surface area contributed by atoms with E-state index in [1.807, 2.05) is 0 Å². The molecule has 2 rings (SSSR count). The Bertz CT molecular complexity index is 879. The molecule has 2 amide bonds. The topological polar surface area (TPSA) is 58.6 Å². The van der Waals surface area contributed by atoms with Crippen LogP contribution in [0.15, 0.2) is 54.6 Å². The molecular formula is C20H19F3N2O3. The Morgan fingerprint density at radius 3 is 2.54 bits per heavy atom. The number of alkyl halides is 3. The predicted octanol–water partition coefficient (Wildman–Crippen LogP) is 3.82. The van der Waals surface area contributed by atoms with Gasteiger partial charge in [-0.25, -0.2) is 0 Å². The molecule has 0 fully saturated rings. The monoisotopic (exact) mass is 392 g/mol. The van der Waals surface area contributed by atoms with Crippen molar-refractivity contribution in [2.75, 3.05) is 26.0 Å². The van der Waals surface area contributed by atoms with E-state index in [9.17, 15) is 22.8 Å². The summed E-state index contributed by atoms with van der Waals surface area (Å²) in [6, 6.07) is 11.4. The van der Waals surface area contributed by atoms with Crippen molar-refractivity contribution in [1.82, 2.24) is 4.90 Å². The number of nitrogens with one attached hydrogen (secondary N) is 1. The Morgan fingerprint density at radius 1 is 1.14 bits per heavy atom. The van der Waals surface area contributed by atoms with Crippen LogP contribution in [0.4, 0.5) is 18.9 Å². The van der Waals surface area contributed by atoms with Gasteiger partial charge in [0.15, 0.2) is 0 Å². The fourth-order valence-corrected chi connectivity index (χ4v) is 2.31. The Balaban J connectivity index is 1.95. The molecule has 0 aliphatic carbocycles. The van der Waals surface area contributed by atoms with Gasteiger partial charge in [-0.15, -0.1) is 0 Å². The van der Waals surface area contributed by atoms with E-state index in [0.29, 0.717) is 11.4 Å². The van der Waals surface area contributed by atoms with Crippen molar-refractivity contribution in [3.8, 4) is 5.75 Å². The smallest absolute Gasteiger partial charge is 0.416 e. The maximum atomic E-state index is 12.7. The van der Waals surface area contributed by atoms with Crippen LogP contribution in [0, 0.1) is 0 Å². The highest BCUT2D eigenvalue weighted by atomic mass is 19.4. The minimum absolute atomic E-state index is 0.219. The van der Waals surface area contributed by atoms with Crippen LogP contribution in [0.5, 0.6) is 5.75 Å². The molecule has 0 spiro atoms. The number of hydrogen-bond donors (Lipinski definition) is 1. The van der Waals surface area contributed by atoms with E-state index in [1.54, 1.807) is 24.3 Å². The predicted molar refractivity (Wildman–Crippen MR) is 99.7 cm³/mol. The van der Waals surface area contributed by atoms with Crippen LogP contribution in [-0.2, 0) is 15.8 Å². The van der Waals surface area contributed by atoms with E-state index in [-0.39, 0.29) is 12.1 Å². The van der Waals surface area contributed by atoms with Crippen LogP contribution in [0.1, 0.15) is 11.1 Å². The second-order valence-corrected chi connectivity index (χ2v) is 5.93. The summed E-state index contributed by atoms with van der Waals surface area (Å²) in [4.78, 5) is 25.3. The Hall–Kier alpha value is -3.29. The van der Waals surface area contributed by atoms with Gasteiger partial charge < -0.3 is 15.0 Å². The molecule has 8 heteroatoms. The van der Waals surface area contributed by atoms with Crippen molar-refractivity contribution in [3.63, 3.8) is 0 Å². The molecule has 2 aromatic rings. The number of anilines is 1. The molecule has 0 aliphatic rings. The van der Waals surface area contributed by atoms with Crippen LogP contribution in [-0.4, -0.2) is 37.4 Å². The van der Waals surface area contributed by atoms with E-state index < -0.39 is 23.6 Å². The molecule has 1 N–H and O–H groups in total. The second kappa shape index (κ2) is 9.07. The standard InChI is InChI=1S/C20H19F3N2O3/c1-25(13-18(26)24-16-7-4-8-17(12-16)28-2)19(27)10-9-14-5-3-6-15(11-14)20(21,22)23/h3-12H,13H2,1-2H3,(H,24,26). The van der Waals surface area contributed by atoms with E-state index >= 15 is 0 Å². The van der Waals surface area contributed by atoms with Gasteiger partial charge in [-0.05, 0) is 35.9 Å². The fourth-order valence-electron chi connectivity index (χ4n) is 2.31. The van der Waals surface area contributed by atoms with Gasteiger partial charge >= 0.3 is 6.18 Å². The minimum atomic E-state index is -4.46. The Labute approximate surface area is 160 Å². The van der Waals surface area contributed by atoms with E-state index in [0.717, 1.165) is 23.1 Å². The molecule has 0 bridgehead atoms. The van der Waals surface area contributed by atoms with Crippen molar-refractivity contribution in [1.29, 1.82) is 0 Å². The first-order valence-electron chi connectivity index (χ1n) is 8.23. The summed E-state index contributed by atoms with van der Waals surface area (Å²) in [5.74, 6) is -0.360. The number of amides is 2. The van der Waals surface area contributed by atoms with Gasteiger partial charge in [-0.3, -0.25) is 9.59 Å². The van der Waals surface area contributed by atoms with Crippen LogP contribution < -0.4 is 10.1 Å². The normalized spacial score (nSPS) is 11.3. The summed E-state index contributed by atoms with van der Waals surface area (Å²) >= 11 is 0. The molecule has 0 saturated heterocycles. The highest BCUT2D eigenvalue weighted by molar-refractivity contribution is 5.98. The highest BCUT2D eigenvalue weighted by Gasteiger charge is 2.30. The number of rotatable bonds is 6. The van der Waals surface area contributed by atoms with Crippen LogP contribution in [0.25, 0.3) is 6.08 Å². The first-order valence-corrected chi connectivity index (χ1v) is 8.23. The van der Waals surface area contributed by atoms with Crippen molar-refractivity contribution in [2.24, 2.45) is 0 Å². The maximum Gasteiger partial charge on any atom is 0.416 e. The lowest BCUT2D eigenvalue weighted by Gasteiger charge is -2.15. The zero-order valence-electron chi connectivity index (χ0n) is 15.3. The van der Waals surface area contributed by atoms with Gasteiger partial charge in [-0.1, -0.05) is 18.2 Å². The van der Waals surface area contributed by atoms with Gasteiger partial charge in [0.2, 0.25) is 11.8 Å². The summed E-state index contributed by atoms with van der Waals surface area (Å²) in [5, 5.41) is 2.64. The van der Waals surface area contributed by atoms with Gasteiger partial charge in [0.25, 0.3) is 0 Å². The highest BCUT2D eigenvalue weighted by Crippen LogP contribution is 2.29. The Kier molecular flexibility index (Phi) is 6.81. The largest absolute Gasteiger partial charge is 0.497 e. The summed E-state index contributed by atoms with van der Waals surface area (Å²) in [7, 11) is 2.92. The average Bonchev–Trinajstić information content (AvgIpc) is 2.65. The quantitative estimate of drug-likeness (QED) is 0.761. The number of methoxy groups -OCH3 is 1. The van der Waals surface area contributed by atoms with Crippen molar-refractivity contribution < 1.29 is 27.5 Å². The van der Waals surface area contributed by atoms with Crippen LogP contribution in [0.3, 0.4) is 0 Å². The molecule has 0 saturated carbocycles. The molecule has 5 nitrogen and oxygen atoms in total. The molecule has 28 heavy (non-hydrogen) atoms. The molecule has 148 valence electrons. The Morgan fingerprint density at radius 2 is 1.86 bits per heavy atom. The van der Waals surface area contributed by atoms with Crippen molar-refractivity contribution in [2.45, 2.75) is 6.18 Å². The van der Waals surface area contributed by atoms with E-state index in [4.69, 9.17) is 4.74 Å².